The van der Waals surface area contributed by atoms with Gasteiger partial charge in [0.1, 0.15) is 6.61 Å². The van der Waals surface area contributed by atoms with Crippen LogP contribution in [0.15, 0.2) is 78.0 Å². The number of hydrogen-bond acceptors (Lipinski definition) is 3. The second kappa shape index (κ2) is 7.43. The van der Waals surface area contributed by atoms with E-state index in [1.165, 1.54) is 0 Å². The zero-order valence-electron chi connectivity index (χ0n) is 14.1. The number of amides is 1. The maximum absolute atomic E-state index is 13.0. The highest BCUT2D eigenvalue weighted by Gasteiger charge is 2.35. The van der Waals surface area contributed by atoms with Crippen molar-refractivity contribution in [2.75, 3.05) is 4.90 Å². The third-order valence-electron chi connectivity index (χ3n) is 4.21. The van der Waals surface area contributed by atoms with Gasteiger partial charge in [-0.05, 0) is 30.3 Å². The summed E-state index contributed by atoms with van der Waals surface area (Å²) in [6.45, 7) is 0.139. The van der Waals surface area contributed by atoms with Gasteiger partial charge in [0.15, 0.2) is 5.71 Å². The van der Waals surface area contributed by atoms with Gasteiger partial charge in [-0.3, -0.25) is 9.69 Å². The van der Waals surface area contributed by atoms with Crippen molar-refractivity contribution >= 4 is 46.2 Å². The molecule has 134 valence electrons. The predicted molar refractivity (Wildman–Crippen MR) is 108 cm³/mol. The number of nitrogens with zero attached hydrogens (tertiary/aromatic N) is 2. The van der Waals surface area contributed by atoms with Crippen molar-refractivity contribution in [1.29, 1.82) is 0 Å². The van der Waals surface area contributed by atoms with Crippen LogP contribution in [0.5, 0.6) is 0 Å². The first-order valence-electron chi connectivity index (χ1n) is 8.28. The smallest absolute Gasteiger partial charge is 0.285 e. The Morgan fingerprint density at radius 2 is 1.67 bits per heavy atom. The number of anilines is 2. The van der Waals surface area contributed by atoms with Crippen LogP contribution in [-0.4, -0.2) is 11.6 Å². The number of carbonyl (C=O) groups excluding carboxylic acids is 1. The molecule has 0 spiro atoms. The van der Waals surface area contributed by atoms with E-state index in [1.807, 2.05) is 54.6 Å². The SMILES string of the molecule is O=C1/C(=N\OCc2ccc(Cl)cc2Cl)c2ccccc2N1c1ccccc1. The number of oxime groups is 1. The van der Waals surface area contributed by atoms with Crippen LogP contribution >= 0.6 is 23.2 Å². The summed E-state index contributed by atoms with van der Waals surface area (Å²) in [5, 5.41) is 5.16. The minimum absolute atomic E-state index is 0.139. The Balaban J connectivity index is 1.63. The molecule has 0 unspecified atom stereocenters. The van der Waals surface area contributed by atoms with Gasteiger partial charge >= 0.3 is 0 Å². The van der Waals surface area contributed by atoms with E-state index < -0.39 is 0 Å². The fourth-order valence-corrected chi connectivity index (χ4v) is 3.39. The van der Waals surface area contributed by atoms with Gasteiger partial charge in [0.25, 0.3) is 5.91 Å². The average molecular weight is 397 g/mol. The lowest BCUT2D eigenvalue weighted by molar-refractivity contribution is -0.111. The maximum Gasteiger partial charge on any atom is 0.285 e. The van der Waals surface area contributed by atoms with E-state index in [4.69, 9.17) is 28.0 Å². The van der Waals surface area contributed by atoms with Gasteiger partial charge in [-0.15, -0.1) is 0 Å². The standard InChI is InChI=1S/C21H14Cl2N2O2/c22-15-11-10-14(18(23)12-15)13-27-24-20-17-8-4-5-9-19(17)25(21(20)26)16-6-2-1-3-7-16/h1-12H,13H2/b24-20-. The van der Waals surface area contributed by atoms with Crippen molar-refractivity contribution < 1.29 is 9.63 Å². The Bertz CT molecular complexity index is 1040. The Morgan fingerprint density at radius 1 is 0.926 bits per heavy atom. The van der Waals surface area contributed by atoms with E-state index in [-0.39, 0.29) is 18.2 Å². The van der Waals surface area contributed by atoms with Crippen LogP contribution in [-0.2, 0) is 16.2 Å². The van der Waals surface area contributed by atoms with Crippen LogP contribution < -0.4 is 4.90 Å². The molecule has 0 N–H and O–H groups in total. The van der Waals surface area contributed by atoms with Crippen molar-refractivity contribution in [2.24, 2.45) is 5.16 Å². The summed E-state index contributed by atoms with van der Waals surface area (Å²) in [7, 11) is 0. The first-order valence-corrected chi connectivity index (χ1v) is 9.03. The minimum Gasteiger partial charge on any atom is -0.390 e. The van der Waals surface area contributed by atoms with Gasteiger partial charge in [0.2, 0.25) is 0 Å². The first-order chi connectivity index (χ1) is 13.1. The van der Waals surface area contributed by atoms with Crippen LogP contribution in [0.25, 0.3) is 0 Å². The Morgan fingerprint density at radius 3 is 2.44 bits per heavy atom. The van der Waals surface area contributed by atoms with E-state index >= 15 is 0 Å². The van der Waals surface area contributed by atoms with Crippen molar-refractivity contribution in [3.63, 3.8) is 0 Å². The molecule has 3 aromatic carbocycles. The number of halogens is 2. The number of benzene rings is 3. The van der Waals surface area contributed by atoms with Gasteiger partial charge in [0, 0.05) is 26.9 Å². The third-order valence-corrected chi connectivity index (χ3v) is 4.80. The fraction of sp³-hybridized carbons (Fsp3) is 0.0476. The lowest BCUT2D eigenvalue weighted by Crippen LogP contribution is -2.25. The normalized spacial score (nSPS) is 14.5. The van der Waals surface area contributed by atoms with Crippen LogP contribution in [0.4, 0.5) is 11.4 Å². The van der Waals surface area contributed by atoms with E-state index in [1.54, 1.807) is 23.1 Å². The maximum atomic E-state index is 13.0. The summed E-state index contributed by atoms with van der Waals surface area (Å²) in [6, 6.07) is 22.1. The number of para-hydroxylation sites is 2. The second-order valence-electron chi connectivity index (χ2n) is 5.94. The fourth-order valence-electron chi connectivity index (χ4n) is 2.93. The summed E-state index contributed by atoms with van der Waals surface area (Å²) < 4.78 is 0. The summed E-state index contributed by atoms with van der Waals surface area (Å²) in [5.41, 5.74) is 3.29. The Hall–Kier alpha value is -2.82. The quantitative estimate of drug-likeness (QED) is 0.539. The molecular weight excluding hydrogens is 383 g/mol. The molecule has 0 aromatic heterocycles. The van der Waals surface area contributed by atoms with Gasteiger partial charge in [-0.1, -0.05) is 70.8 Å². The topological polar surface area (TPSA) is 41.9 Å². The molecule has 0 saturated heterocycles. The highest BCUT2D eigenvalue weighted by atomic mass is 35.5. The zero-order valence-corrected chi connectivity index (χ0v) is 15.6. The average Bonchev–Trinajstić information content (AvgIpc) is 2.96. The molecule has 27 heavy (non-hydrogen) atoms. The van der Waals surface area contributed by atoms with E-state index in [0.717, 1.165) is 22.5 Å². The molecule has 0 aliphatic carbocycles. The van der Waals surface area contributed by atoms with Crippen LogP contribution in [0, 0.1) is 0 Å². The van der Waals surface area contributed by atoms with Gasteiger partial charge in [-0.2, -0.15) is 0 Å². The van der Waals surface area contributed by atoms with Crippen molar-refractivity contribution in [3.8, 4) is 0 Å². The lowest BCUT2D eigenvalue weighted by Gasteiger charge is -2.16. The molecule has 0 saturated carbocycles. The third kappa shape index (κ3) is 3.42. The molecule has 0 fully saturated rings. The highest BCUT2D eigenvalue weighted by Crippen LogP contribution is 2.35. The van der Waals surface area contributed by atoms with Crippen LogP contribution in [0.1, 0.15) is 11.1 Å². The molecule has 0 radical (unpaired) electrons. The van der Waals surface area contributed by atoms with Gasteiger partial charge in [0.05, 0.1) is 5.69 Å². The molecule has 3 aromatic rings. The highest BCUT2D eigenvalue weighted by molar-refractivity contribution is 6.55. The van der Waals surface area contributed by atoms with E-state index in [2.05, 4.69) is 5.16 Å². The minimum atomic E-state index is -0.232. The van der Waals surface area contributed by atoms with Crippen LogP contribution in [0.2, 0.25) is 10.0 Å². The monoisotopic (exact) mass is 396 g/mol. The Labute approximate surface area is 166 Å². The number of carbonyl (C=O) groups is 1. The largest absolute Gasteiger partial charge is 0.390 e. The van der Waals surface area contributed by atoms with Gasteiger partial charge < -0.3 is 4.84 Å². The second-order valence-corrected chi connectivity index (χ2v) is 6.79. The molecule has 0 atom stereocenters. The van der Waals surface area contributed by atoms with Crippen molar-refractivity contribution in [1.82, 2.24) is 0 Å². The Kier molecular flexibility index (Phi) is 4.84. The number of rotatable bonds is 4. The van der Waals surface area contributed by atoms with Crippen molar-refractivity contribution in [3.05, 3.63) is 94.0 Å². The summed E-state index contributed by atoms with van der Waals surface area (Å²) in [5.74, 6) is -0.232. The van der Waals surface area contributed by atoms with E-state index in [0.29, 0.717) is 10.0 Å². The summed E-state index contributed by atoms with van der Waals surface area (Å²) in [4.78, 5) is 20.1. The number of fused-ring (bicyclic) bond motifs is 1. The molecule has 1 aliphatic rings. The molecule has 1 aliphatic heterocycles. The van der Waals surface area contributed by atoms with E-state index in [9.17, 15) is 4.79 Å². The zero-order chi connectivity index (χ0) is 18.8. The lowest BCUT2D eigenvalue weighted by atomic mass is 10.1. The molecule has 4 nitrogen and oxygen atoms in total. The van der Waals surface area contributed by atoms with Crippen molar-refractivity contribution in [2.45, 2.75) is 6.61 Å². The molecule has 6 heteroatoms. The summed E-state index contributed by atoms with van der Waals surface area (Å²) >= 11 is 12.1. The molecule has 1 amide bonds. The van der Waals surface area contributed by atoms with Crippen LogP contribution in [0.3, 0.4) is 0 Å². The number of hydrogen-bond donors (Lipinski definition) is 0. The van der Waals surface area contributed by atoms with Gasteiger partial charge in [-0.25, -0.2) is 0 Å². The first kappa shape index (κ1) is 17.6. The molecule has 1 heterocycles. The predicted octanol–water partition coefficient (Wildman–Crippen LogP) is 5.59. The molecule has 4 rings (SSSR count). The molecule has 0 bridgehead atoms. The summed E-state index contributed by atoms with van der Waals surface area (Å²) in [6.07, 6.45) is 0. The molecular formula is C21H14Cl2N2O2.